The summed E-state index contributed by atoms with van der Waals surface area (Å²) in [6, 6.07) is 2.41. The quantitative estimate of drug-likeness (QED) is 0.825. The first-order chi connectivity index (χ1) is 8.36. The zero-order chi connectivity index (χ0) is 11.7. The molecule has 1 aliphatic rings. The molecule has 0 amide bonds. The number of aromatic amines is 1. The number of hydrogen-bond donors (Lipinski definition) is 1. The third kappa shape index (κ3) is 1.95. The molecule has 4 nitrogen and oxygen atoms in total. The third-order valence-electron chi connectivity index (χ3n) is 3.42. The maximum atomic E-state index is 5.34. The van der Waals surface area contributed by atoms with Crippen LogP contribution in [0.4, 0.5) is 0 Å². The molecule has 1 saturated carbocycles. The normalized spacial score (nSPS) is 17.4. The predicted molar refractivity (Wildman–Crippen MR) is 67.2 cm³/mol. The molecule has 5 heteroatoms. The summed E-state index contributed by atoms with van der Waals surface area (Å²) < 4.78 is 7.99. The Labute approximate surface area is 105 Å². The molecule has 90 valence electrons. The van der Waals surface area contributed by atoms with Crippen molar-refractivity contribution in [3.05, 3.63) is 23.4 Å². The summed E-state index contributed by atoms with van der Waals surface area (Å²) in [5, 5.41) is 7.22. The Morgan fingerprint density at radius 1 is 1.35 bits per heavy atom. The number of nitrogens with one attached hydrogen (secondary N) is 1. The SMILES string of the molecule is S=c1[nH]nc(-c2ccoc2)n1C1CCCCC1. The van der Waals surface area contributed by atoms with E-state index in [9.17, 15) is 0 Å². The van der Waals surface area contributed by atoms with E-state index in [1.807, 2.05) is 6.07 Å². The topological polar surface area (TPSA) is 46.8 Å². The van der Waals surface area contributed by atoms with Gasteiger partial charge < -0.3 is 4.42 Å². The van der Waals surface area contributed by atoms with E-state index < -0.39 is 0 Å². The van der Waals surface area contributed by atoms with Gasteiger partial charge in [-0.05, 0) is 31.1 Å². The molecule has 1 aliphatic carbocycles. The Hall–Kier alpha value is -1.36. The predicted octanol–water partition coefficient (Wildman–Crippen LogP) is 3.71. The molecule has 0 radical (unpaired) electrons. The fraction of sp³-hybridized carbons (Fsp3) is 0.500. The second-order valence-electron chi connectivity index (χ2n) is 4.53. The first-order valence-electron chi connectivity index (χ1n) is 6.06. The number of hydrogen-bond acceptors (Lipinski definition) is 3. The highest BCUT2D eigenvalue weighted by molar-refractivity contribution is 7.71. The van der Waals surface area contributed by atoms with Gasteiger partial charge in [-0.15, -0.1) is 0 Å². The van der Waals surface area contributed by atoms with E-state index in [2.05, 4.69) is 14.8 Å². The van der Waals surface area contributed by atoms with Gasteiger partial charge >= 0.3 is 0 Å². The molecule has 0 atom stereocenters. The van der Waals surface area contributed by atoms with Gasteiger partial charge in [-0.2, -0.15) is 5.10 Å². The van der Waals surface area contributed by atoms with Gasteiger partial charge in [0.25, 0.3) is 0 Å². The molecular weight excluding hydrogens is 234 g/mol. The maximum absolute atomic E-state index is 5.34. The zero-order valence-corrected chi connectivity index (χ0v) is 10.4. The molecule has 2 aromatic heterocycles. The van der Waals surface area contributed by atoms with Crippen molar-refractivity contribution in [2.45, 2.75) is 38.1 Å². The first-order valence-corrected chi connectivity index (χ1v) is 6.46. The number of aromatic nitrogens is 3. The van der Waals surface area contributed by atoms with Crippen LogP contribution >= 0.6 is 12.2 Å². The van der Waals surface area contributed by atoms with Crippen molar-refractivity contribution in [1.29, 1.82) is 0 Å². The van der Waals surface area contributed by atoms with Crippen LogP contribution in [0.5, 0.6) is 0 Å². The molecule has 1 N–H and O–H groups in total. The smallest absolute Gasteiger partial charge is 0.195 e. The van der Waals surface area contributed by atoms with Crippen molar-refractivity contribution >= 4 is 12.2 Å². The zero-order valence-electron chi connectivity index (χ0n) is 9.56. The maximum Gasteiger partial charge on any atom is 0.195 e. The summed E-state index contributed by atoms with van der Waals surface area (Å²) in [5.74, 6) is 0.899. The highest BCUT2D eigenvalue weighted by atomic mass is 32.1. The van der Waals surface area contributed by atoms with Gasteiger partial charge in [-0.25, -0.2) is 0 Å². The van der Waals surface area contributed by atoms with E-state index in [0.29, 0.717) is 10.8 Å². The molecule has 0 bridgehead atoms. The fourth-order valence-corrected chi connectivity index (χ4v) is 2.86. The van der Waals surface area contributed by atoms with Crippen molar-refractivity contribution in [1.82, 2.24) is 14.8 Å². The summed E-state index contributed by atoms with van der Waals surface area (Å²) in [4.78, 5) is 0. The van der Waals surface area contributed by atoms with Gasteiger partial charge in [-0.3, -0.25) is 9.67 Å². The molecule has 2 heterocycles. The molecule has 3 rings (SSSR count). The van der Waals surface area contributed by atoms with Gasteiger partial charge in [0, 0.05) is 6.04 Å². The highest BCUT2D eigenvalue weighted by Crippen LogP contribution is 2.31. The summed E-state index contributed by atoms with van der Waals surface area (Å²) in [6.07, 6.45) is 9.66. The average Bonchev–Trinajstić information content (AvgIpc) is 2.98. The Morgan fingerprint density at radius 2 is 2.18 bits per heavy atom. The van der Waals surface area contributed by atoms with Gasteiger partial charge in [0.2, 0.25) is 0 Å². The molecule has 17 heavy (non-hydrogen) atoms. The molecule has 0 spiro atoms. The number of rotatable bonds is 2. The molecular formula is C12H15N3OS. The van der Waals surface area contributed by atoms with Crippen LogP contribution in [0.25, 0.3) is 11.4 Å². The lowest BCUT2D eigenvalue weighted by atomic mass is 9.95. The Balaban J connectivity index is 2.03. The van der Waals surface area contributed by atoms with Crippen molar-refractivity contribution < 1.29 is 4.42 Å². The van der Waals surface area contributed by atoms with E-state index in [1.165, 1.54) is 32.1 Å². The van der Waals surface area contributed by atoms with Crippen molar-refractivity contribution in [2.24, 2.45) is 0 Å². The van der Waals surface area contributed by atoms with Crippen LogP contribution in [0, 0.1) is 4.77 Å². The van der Waals surface area contributed by atoms with Crippen molar-refractivity contribution in [3.8, 4) is 11.4 Å². The van der Waals surface area contributed by atoms with Gasteiger partial charge in [0.1, 0.15) is 6.26 Å². The minimum absolute atomic E-state index is 0.486. The van der Waals surface area contributed by atoms with Crippen LogP contribution in [0.1, 0.15) is 38.1 Å². The lowest BCUT2D eigenvalue weighted by Gasteiger charge is -2.23. The molecule has 0 aliphatic heterocycles. The lowest BCUT2D eigenvalue weighted by molar-refractivity contribution is 0.352. The first kappa shape index (κ1) is 10.8. The minimum Gasteiger partial charge on any atom is -0.472 e. The monoisotopic (exact) mass is 249 g/mol. The summed E-state index contributed by atoms with van der Waals surface area (Å²) in [7, 11) is 0. The molecule has 2 aromatic rings. The van der Waals surface area contributed by atoms with Gasteiger partial charge in [-0.1, -0.05) is 19.3 Å². The van der Waals surface area contributed by atoms with Crippen LogP contribution < -0.4 is 0 Å². The van der Waals surface area contributed by atoms with Crippen molar-refractivity contribution in [3.63, 3.8) is 0 Å². The molecule has 1 fully saturated rings. The number of nitrogens with zero attached hydrogens (tertiary/aromatic N) is 2. The van der Waals surface area contributed by atoms with E-state index in [4.69, 9.17) is 16.6 Å². The van der Waals surface area contributed by atoms with Crippen LogP contribution in [0.15, 0.2) is 23.0 Å². The van der Waals surface area contributed by atoms with E-state index in [0.717, 1.165) is 11.4 Å². The summed E-state index contributed by atoms with van der Waals surface area (Å²) in [6.45, 7) is 0. The van der Waals surface area contributed by atoms with E-state index >= 15 is 0 Å². The Morgan fingerprint density at radius 3 is 2.88 bits per heavy atom. The molecule has 0 saturated heterocycles. The van der Waals surface area contributed by atoms with Crippen LogP contribution in [-0.2, 0) is 0 Å². The lowest BCUT2D eigenvalue weighted by Crippen LogP contribution is -2.14. The third-order valence-corrected chi connectivity index (χ3v) is 3.71. The van der Waals surface area contributed by atoms with Crippen molar-refractivity contribution in [2.75, 3.05) is 0 Å². The second-order valence-corrected chi connectivity index (χ2v) is 4.91. The van der Waals surface area contributed by atoms with Gasteiger partial charge in [0.05, 0.1) is 11.8 Å². The molecule has 0 aromatic carbocycles. The number of furan rings is 1. The average molecular weight is 249 g/mol. The van der Waals surface area contributed by atoms with Crippen LogP contribution in [-0.4, -0.2) is 14.8 Å². The number of H-pyrrole nitrogens is 1. The minimum atomic E-state index is 0.486. The summed E-state index contributed by atoms with van der Waals surface area (Å²) >= 11 is 5.34. The standard InChI is InChI=1S/C12H15N3OS/c17-12-14-13-11(9-6-7-16-8-9)15(12)10-4-2-1-3-5-10/h6-8,10H,1-5H2,(H,14,17). The largest absolute Gasteiger partial charge is 0.472 e. The summed E-state index contributed by atoms with van der Waals surface area (Å²) in [5.41, 5.74) is 0.989. The molecule has 0 unspecified atom stereocenters. The van der Waals surface area contributed by atoms with E-state index in [1.54, 1.807) is 12.5 Å². The fourth-order valence-electron chi connectivity index (χ4n) is 2.58. The van der Waals surface area contributed by atoms with E-state index in [-0.39, 0.29) is 0 Å². The van der Waals surface area contributed by atoms with Crippen LogP contribution in [0.2, 0.25) is 0 Å². The Kier molecular flexibility index (Phi) is 2.84. The van der Waals surface area contributed by atoms with Crippen LogP contribution in [0.3, 0.4) is 0 Å². The highest BCUT2D eigenvalue weighted by Gasteiger charge is 2.20. The Bertz CT molecular complexity index is 534. The van der Waals surface area contributed by atoms with Gasteiger partial charge in [0.15, 0.2) is 10.6 Å². The second kappa shape index (κ2) is 4.49.